The first kappa shape index (κ1) is 17.0. The molecule has 0 saturated carbocycles. The van der Waals surface area contributed by atoms with Crippen LogP contribution in [0.4, 0.5) is 0 Å². The van der Waals surface area contributed by atoms with Gasteiger partial charge in [-0.15, -0.1) is 5.10 Å². The molecule has 0 bridgehead atoms. The number of hydrogen-bond donors (Lipinski definition) is 3. The predicted molar refractivity (Wildman–Crippen MR) is 71.8 cm³/mol. The molecule has 118 valence electrons. The normalized spacial score (nSPS) is 12.9. The molecule has 1 aromatic rings. The number of carboxylic acid groups (broad SMARTS) is 1. The van der Waals surface area contributed by atoms with Crippen molar-refractivity contribution in [2.24, 2.45) is 5.73 Å². The molecule has 0 aliphatic carbocycles. The predicted octanol–water partition coefficient (Wildman–Crippen LogP) is -2.26. The van der Waals surface area contributed by atoms with E-state index in [2.05, 4.69) is 15.6 Å². The Hall–Kier alpha value is -2.01. The molecule has 1 aromatic heterocycles. The van der Waals surface area contributed by atoms with Crippen molar-refractivity contribution in [2.45, 2.75) is 25.6 Å². The molecule has 1 atom stereocenters. The van der Waals surface area contributed by atoms with Gasteiger partial charge < -0.3 is 16.2 Å². The number of aromatic nitrogens is 3. The third-order valence-electron chi connectivity index (χ3n) is 2.51. The topological polar surface area (TPSA) is 157 Å². The van der Waals surface area contributed by atoms with Crippen molar-refractivity contribution >= 4 is 21.7 Å². The molecular weight excluding hydrogens is 302 g/mol. The third kappa shape index (κ3) is 6.31. The van der Waals surface area contributed by atoms with Crippen LogP contribution in [-0.2, 0) is 32.5 Å². The second kappa shape index (κ2) is 7.13. The summed E-state index contributed by atoms with van der Waals surface area (Å²) >= 11 is 0. The van der Waals surface area contributed by atoms with E-state index in [4.69, 9.17) is 10.8 Å². The quantitative estimate of drug-likeness (QED) is 0.484. The molecule has 0 spiro atoms. The summed E-state index contributed by atoms with van der Waals surface area (Å²) in [6.45, 7) is -0.0522. The molecule has 11 heteroatoms. The minimum atomic E-state index is -3.30. The Morgan fingerprint density at radius 1 is 1.52 bits per heavy atom. The summed E-state index contributed by atoms with van der Waals surface area (Å²) in [6.07, 6.45) is 2.26. The summed E-state index contributed by atoms with van der Waals surface area (Å²) < 4.78 is 23.3. The van der Waals surface area contributed by atoms with E-state index in [1.165, 1.54) is 10.9 Å². The second-order valence-electron chi connectivity index (χ2n) is 4.49. The fraction of sp³-hybridized carbons (Fsp3) is 0.600. The number of nitrogens with zero attached hydrogens (tertiary/aromatic N) is 3. The largest absolute Gasteiger partial charge is 0.480 e. The average Bonchev–Trinajstić information content (AvgIpc) is 2.80. The van der Waals surface area contributed by atoms with E-state index in [0.717, 1.165) is 6.26 Å². The summed E-state index contributed by atoms with van der Waals surface area (Å²) in [5.74, 6) is -2.23. The fourth-order valence-corrected chi connectivity index (χ4v) is 2.15. The SMILES string of the molecule is CS(=O)(=O)CCC(NC(=O)Cn1cc(CN)nn1)C(=O)O. The first-order chi connectivity index (χ1) is 9.71. The van der Waals surface area contributed by atoms with Gasteiger partial charge >= 0.3 is 5.97 Å². The van der Waals surface area contributed by atoms with Gasteiger partial charge in [-0.25, -0.2) is 17.9 Å². The van der Waals surface area contributed by atoms with Gasteiger partial charge in [0, 0.05) is 12.8 Å². The number of carbonyl (C=O) groups is 2. The number of carboxylic acids is 1. The molecule has 1 unspecified atom stereocenters. The second-order valence-corrected chi connectivity index (χ2v) is 6.75. The van der Waals surface area contributed by atoms with Gasteiger partial charge in [0.2, 0.25) is 5.91 Å². The van der Waals surface area contributed by atoms with Crippen LogP contribution in [0.5, 0.6) is 0 Å². The Balaban J connectivity index is 2.58. The lowest BCUT2D eigenvalue weighted by molar-refractivity contribution is -0.142. The summed E-state index contributed by atoms with van der Waals surface area (Å²) in [5, 5.41) is 18.5. The molecule has 21 heavy (non-hydrogen) atoms. The molecule has 0 aliphatic heterocycles. The Bertz CT molecular complexity index is 611. The number of rotatable bonds is 8. The molecule has 1 amide bonds. The lowest BCUT2D eigenvalue weighted by atomic mass is 10.2. The van der Waals surface area contributed by atoms with Crippen molar-refractivity contribution in [3.8, 4) is 0 Å². The smallest absolute Gasteiger partial charge is 0.326 e. The minimum absolute atomic E-state index is 0.174. The van der Waals surface area contributed by atoms with Gasteiger partial charge in [0.05, 0.1) is 17.6 Å². The molecular formula is C10H17N5O5S. The molecule has 0 radical (unpaired) electrons. The molecule has 1 rings (SSSR count). The highest BCUT2D eigenvalue weighted by atomic mass is 32.2. The van der Waals surface area contributed by atoms with Crippen LogP contribution in [0.2, 0.25) is 0 Å². The van der Waals surface area contributed by atoms with Crippen molar-refractivity contribution in [2.75, 3.05) is 12.0 Å². The summed E-state index contributed by atoms with van der Waals surface area (Å²) in [4.78, 5) is 22.7. The Kier molecular flexibility index (Phi) is 5.79. The average molecular weight is 319 g/mol. The van der Waals surface area contributed by atoms with E-state index < -0.39 is 27.8 Å². The standard InChI is InChI=1S/C10H17N5O5S/c1-21(19,20)3-2-8(10(17)18)12-9(16)6-15-5-7(4-11)13-14-15/h5,8H,2-4,6,11H2,1H3,(H,12,16)(H,17,18). The van der Waals surface area contributed by atoms with Crippen LogP contribution in [0.3, 0.4) is 0 Å². The van der Waals surface area contributed by atoms with E-state index in [9.17, 15) is 18.0 Å². The zero-order valence-corrected chi connectivity index (χ0v) is 12.2. The first-order valence-corrected chi connectivity index (χ1v) is 8.06. The summed E-state index contributed by atoms with van der Waals surface area (Å²) in [7, 11) is -3.30. The highest BCUT2D eigenvalue weighted by Crippen LogP contribution is 1.98. The number of carbonyl (C=O) groups excluding carboxylic acids is 1. The monoisotopic (exact) mass is 319 g/mol. The van der Waals surface area contributed by atoms with Gasteiger partial charge in [-0.05, 0) is 6.42 Å². The number of nitrogens with one attached hydrogen (secondary N) is 1. The zero-order chi connectivity index (χ0) is 16.0. The van der Waals surface area contributed by atoms with Crippen LogP contribution in [0.1, 0.15) is 12.1 Å². The number of hydrogen-bond acceptors (Lipinski definition) is 7. The lowest BCUT2D eigenvalue weighted by Crippen LogP contribution is -2.43. The molecule has 4 N–H and O–H groups in total. The molecule has 10 nitrogen and oxygen atoms in total. The highest BCUT2D eigenvalue weighted by Gasteiger charge is 2.21. The minimum Gasteiger partial charge on any atom is -0.480 e. The maximum Gasteiger partial charge on any atom is 0.326 e. The first-order valence-electron chi connectivity index (χ1n) is 6.00. The van der Waals surface area contributed by atoms with E-state index in [-0.39, 0.29) is 25.3 Å². The number of amides is 1. The van der Waals surface area contributed by atoms with Crippen LogP contribution in [0, 0.1) is 0 Å². The summed E-state index contributed by atoms with van der Waals surface area (Å²) in [6, 6.07) is -1.27. The zero-order valence-electron chi connectivity index (χ0n) is 11.4. The van der Waals surface area contributed by atoms with Crippen molar-refractivity contribution in [1.82, 2.24) is 20.3 Å². The number of aliphatic carboxylic acids is 1. The maximum atomic E-state index is 11.7. The Morgan fingerprint density at radius 3 is 2.67 bits per heavy atom. The Morgan fingerprint density at radius 2 is 2.19 bits per heavy atom. The van der Waals surface area contributed by atoms with Crippen LogP contribution in [0.25, 0.3) is 0 Å². The van der Waals surface area contributed by atoms with Gasteiger partial charge in [0.25, 0.3) is 0 Å². The van der Waals surface area contributed by atoms with Crippen molar-refractivity contribution in [3.05, 3.63) is 11.9 Å². The maximum absolute atomic E-state index is 11.7. The molecule has 1 heterocycles. The van der Waals surface area contributed by atoms with E-state index >= 15 is 0 Å². The van der Waals surface area contributed by atoms with Crippen LogP contribution < -0.4 is 11.1 Å². The highest BCUT2D eigenvalue weighted by molar-refractivity contribution is 7.90. The van der Waals surface area contributed by atoms with E-state index in [0.29, 0.717) is 5.69 Å². The molecule has 0 aliphatic rings. The molecule has 0 aromatic carbocycles. The van der Waals surface area contributed by atoms with Gasteiger partial charge in [0.15, 0.2) is 0 Å². The van der Waals surface area contributed by atoms with Gasteiger partial charge in [0.1, 0.15) is 22.4 Å². The number of nitrogens with two attached hydrogens (primary N) is 1. The molecule has 0 saturated heterocycles. The fourth-order valence-electron chi connectivity index (χ4n) is 1.49. The van der Waals surface area contributed by atoms with Gasteiger partial charge in [-0.1, -0.05) is 5.21 Å². The van der Waals surface area contributed by atoms with Gasteiger partial charge in [-0.2, -0.15) is 0 Å². The third-order valence-corrected chi connectivity index (χ3v) is 3.49. The Labute approximate surface area is 121 Å². The van der Waals surface area contributed by atoms with Crippen LogP contribution in [-0.4, -0.2) is 58.4 Å². The van der Waals surface area contributed by atoms with Crippen LogP contribution in [0.15, 0.2) is 6.20 Å². The summed E-state index contributed by atoms with van der Waals surface area (Å²) in [5.41, 5.74) is 5.84. The lowest BCUT2D eigenvalue weighted by Gasteiger charge is -2.13. The van der Waals surface area contributed by atoms with Crippen LogP contribution >= 0.6 is 0 Å². The number of sulfone groups is 1. The van der Waals surface area contributed by atoms with Gasteiger partial charge in [-0.3, -0.25) is 4.79 Å². The van der Waals surface area contributed by atoms with E-state index in [1.807, 2.05) is 0 Å². The van der Waals surface area contributed by atoms with Crippen molar-refractivity contribution in [3.63, 3.8) is 0 Å². The van der Waals surface area contributed by atoms with Crippen molar-refractivity contribution in [1.29, 1.82) is 0 Å². The van der Waals surface area contributed by atoms with E-state index in [1.54, 1.807) is 0 Å². The molecule has 0 fully saturated rings. The van der Waals surface area contributed by atoms with Crippen molar-refractivity contribution < 1.29 is 23.1 Å².